The molecule has 1 amide bonds. The van der Waals surface area contributed by atoms with Crippen molar-refractivity contribution >= 4 is 11.9 Å². The molecule has 1 saturated heterocycles. The molecule has 3 rings (SSSR count). The van der Waals surface area contributed by atoms with Gasteiger partial charge in [-0.15, -0.1) is 0 Å². The van der Waals surface area contributed by atoms with Crippen molar-refractivity contribution < 1.29 is 19.8 Å². The monoisotopic (exact) mass is 281 g/mol. The molecule has 1 heterocycles. The average molecular weight is 281 g/mol. The topological polar surface area (TPSA) is 77.8 Å². The van der Waals surface area contributed by atoms with E-state index < -0.39 is 11.9 Å². The molecule has 0 aromatic heterocycles. The highest BCUT2D eigenvalue weighted by Gasteiger charge is 2.46. The van der Waals surface area contributed by atoms with E-state index in [1.54, 1.807) is 0 Å². The summed E-state index contributed by atoms with van der Waals surface area (Å²) in [6.45, 7) is 1.33. The van der Waals surface area contributed by atoms with Crippen molar-refractivity contribution in [2.45, 2.75) is 44.6 Å². The number of carbonyl (C=O) groups excluding carboxylic acids is 1. The highest BCUT2D eigenvalue weighted by Crippen LogP contribution is 2.40. The number of amides is 1. The van der Waals surface area contributed by atoms with Crippen LogP contribution in [0.5, 0.6) is 0 Å². The van der Waals surface area contributed by atoms with Gasteiger partial charge in [0.25, 0.3) is 0 Å². The summed E-state index contributed by atoms with van der Waals surface area (Å²) < 4.78 is 0. The maximum atomic E-state index is 12.6. The average Bonchev–Trinajstić information content (AvgIpc) is 3.00. The molecule has 0 radical (unpaired) electrons. The number of hydrogen-bond acceptors (Lipinski definition) is 3. The van der Waals surface area contributed by atoms with Crippen LogP contribution in [-0.4, -0.2) is 46.2 Å². The predicted octanol–water partition coefficient (Wildman–Crippen LogP) is 1.11. The van der Waals surface area contributed by atoms with Gasteiger partial charge in [0.05, 0.1) is 17.9 Å². The van der Waals surface area contributed by atoms with Crippen LogP contribution in [0.1, 0.15) is 38.5 Å². The highest BCUT2D eigenvalue weighted by molar-refractivity contribution is 5.85. The van der Waals surface area contributed by atoms with Crippen molar-refractivity contribution in [3.63, 3.8) is 0 Å². The second kappa shape index (κ2) is 5.35. The van der Waals surface area contributed by atoms with E-state index in [0.717, 1.165) is 25.7 Å². The quantitative estimate of drug-likeness (QED) is 0.794. The Morgan fingerprint density at radius 2 is 1.65 bits per heavy atom. The summed E-state index contributed by atoms with van der Waals surface area (Å²) in [6, 6.07) is 0. The Morgan fingerprint density at radius 1 is 0.950 bits per heavy atom. The zero-order valence-electron chi connectivity index (χ0n) is 11.7. The second-order valence-electron chi connectivity index (χ2n) is 6.65. The van der Waals surface area contributed by atoms with Crippen LogP contribution >= 0.6 is 0 Å². The van der Waals surface area contributed by atoms with Gasteiger partial charge in [-0.3, -0.25) is 9.59 Å². The van der Waals surface area contributed by atoms with Gasteiger partial charge in [-0.25, -0.2) is 0 Å². The lowest BCUT2D eigenvalue weighted by Crippen LogP contribution is -2.42. The molecule has 2 aliphatic carbocycles. The molecule has 3 fully saturated rings. The number of nitrogens with zero attached hydrogens (tertiary/aromatic N) is 1. The number of aliphatic hydroxyl groups is 1. The first kappa shape index (κ1) is 13.9. The van der Waals surface area contributed by atoms with Crippen LogP contribution in [0.4, 0.5) is 0 Å². The molecule has 0 spiro atoms. The number of fused-ring (bicyclic) bond motifs is 1. The fraction of sp³-hybridized carbons (Fsp3) is 0.867. The largest absolute Gasteiger partial charge is 0.481 e. The van der Waals surface area contributed by atoms with E-state index >= 15 is 0 Å². The van der Waals surface area contributed by atoms with E-state index in [9.17, 15) is 19.8 Å². The van der Waals surface area contributed by atoms with Gasteiger partial charge in [-0.05, 0) is 31.6 Å². The molecular formula is C15H23NO4. The molecule has 0 aromatic rings. The van der Waals surface area contributed by atoms with Crippen molar-refractivity contribution in [2.75, 3.05) is 13.1 Å². The molecule has 2 saturated carbocycles. The molecule has 5 atom stereocenters. The maximum absolute atomic E-state index is 12.6. The van der Waals surface area contributed by atoms with Crippen molar-refractivity contribution in [3.05, 3.63) is 0 Å². The van der Waals surface area contributed by atoms with Crippen LogP contribution in [0.2, 0.25) is 0 Å². The lowest BCUT2D eigenvalue weighted by Gasteiger charge is -2.31. The normalized spacial score (nSPS) is 40.6. The molecule has 0 aromatic carbocycles. The molecule has 112 valence electrons. The molecular weight excluding hydrogens is 258 g/mol. The van der Waals surface area contributed by atoms with E-state index in [4.69, 9.17) is 0 Å². The fourth-order valence-electron chi connectivity index (χ4n) is 4.37. The number of carboxylic acids is 1. The zero-order valence-corrected chi connectivity index (χ0v) is 11.7. The fourth-order valence-corrected chi connectivity index (χ4v) is 4.37. The Labute approximate surface area is 119 Å². The number of rotatable bonds is 2. The summed E-state index contributed by atoms with van der Waals surface area (Å²) in [5.41, 5.74) is 0. The third-order valence-electron chi connectivity index (χ3n) is 5.53. The summed E-state index contributed by atoms with van der Waals surface area (Å²) in [6.07, 6.45) is 4.73. The van der Waals surface area contributed by atoms with Gasteiger partial charge in [-0.2, -0.15) is 0 Å². The molecule has 3 aliphatic rings. The minimum absolute atomic E-state index is 0.0127. The number of aliphatic carboxylic acids is 1. The minimum Gasteiger partial charge on any atom is -0.481 e. The Bertz CT molecular complexity index is 411. The van der Waals surface area contributed by atoms with Gasteiger partial charge >= 0.3 is 5.97 Å². The molecule has 2 N–H and O–H groups in total. The van der Waals surface area contributed by atoms with Crippen LogP contribution in [0.15, 0.2) is 0 Å². The van der Waals surface area contributed by atoms with Crippen molar-refractivity contribution in [2.24, 2.45) is 23.7 Å². The van der Waals surface area contributed by atoms with Crippen LogP contribution in [0.3, 0.4) is 0 Å². The first-order valence-electron chi connectivity index (χ1n) is 7.77. The smallest absolute Gasteiger partial charge is 0.307 e. The van der Waals surface area contributed by atoms with E-state index in [1.807, 2.05) is 4.90 Å². The van der Waals surface area contributed by atoms with Crippen LogP contribution < -0.4 is 0 Å². The molecule has 1 aliphatic heterocycles. The maximum Gasteiger partial charge on any atom is 0.307 e. The Balaban J connectivity index is 1.68. The second-order valence-corrected chi connectivity index (χ2v) is 6.65. The third-order valence-corrected chi connectivity index (χ3v) is 5.53. The lowest BCUT2D eigenvalue weighted by atomic mass is 9.78. The Hall–Kier alpha value is -1.10. The molecule has 3 unspecified atom stereocenters. The molecule has 20 heavy (non-hydrogen) atoms. The SMILES string of the molecule is O=C(O)[C@H]1CCCC[C@H]1C(=O)N1CC2CCC(O)C2C1. The van der Waals surface area contributed by atoms with E-state index in [1.165, 1.54) is 0 Å². The summed E-state index contributed by atoms with van der Waals surface area (Å²) in [5, 5.41) is 19.2. The molecule has 5 nitrogen and oxygen atoms in total. The van der Waals surface area contributed by atoms with Crippen molar-refractivity contribution in [1.29, 1.82) is 0 Å². The first-order valence-corrected chi connectivity index (χ1v) is 7.77. The number of carbonyl (C=O) groups is 2. The molecule has 5 heteroatoms. The summed E-state index contributed by atoms with van der Waals surface area (Å²) in [5.74, 6) is -1.05. The Morgan fingerprint density at radius 3 is 2.30 bits per heavy atom. The number of carboxylic acid groups (broad SMARTS) is 1. The minimum atomic E-state index is -0.831. The summed E-state index contributed by atoms with van der Waals surface area (Å²) in [7, 11) is 0. The van der Waals surface area contributed by atoms with Crippen LogP contribution in [-0.2, 0) is 9.59 Å². The molecule has 0 bridgehead atoms. The van der Waals surface area contributed by atoms with Crippen molar-refractivity contribution in [3.8, 4) is 0 Å². The van der Waals surface area contributed by atoms with Gasteiger partial charge in [0.15, 0.2) is 0 Å². The number of hydrogen-bond donors (Lipinski definition) is 2. The van der Waals surface area contributed by atoms with Gasteiger partial charge in [0.2, 0.25) is 5.91 Å². The van der Waals surface area contributed by atoms with Gasteiger partial charge < -0.3 is 15.1 Å². The zero-order chi connectivity index (χ0) is 14.3. The highest BCUT2D eigenvalue weighted by atomic mass is 16.4. The number of aliphatic hydroxyl groups excluding tert-OH is 1. The van der Waals surface area contributed by atoms with Gasteiger partial charge in [0.1, 0.15) is 0 Å². The van der Waals surface area contributed by atoms with E-state index in [2.05, 4.69) is 0 Å². The van der Waals surface area contributed by atoms with Crippen LogP contribution in [0.25, 0.3) is 0 Å². The predicted molar refractivity (Wildman–Crippen MR) is 71.9 cm³/mol. The van der Waals surface area contributed by atoms with Crippen LogP contribution in [0, 0.1) is 23.7 Å². The Kier molecular flexibility index (Phi) is 3.71. The summed E-state index contributed by atoms with van der Waals surface area (Å²) >= 11 is 0. The first-order chi connectivity index (χ1) is 9.58. The van der Waals surface area contributed by atoms with E-state index in [-0.39, 0.29) is 23.8 Å². The van der Waals surface area contributed by atoms with Gasteiger partial charge in [-0.1, -0.05) is 12.8 Å². The summed E-state index contributed by atoms with van der Waals surface area (Å²) in [4.78, 5) is 25.8. The standard InChI is InChI=1S/C15H23NO4/c17-13-6-5-9-7-16(8-12(9)13)14(18)10-3-1-2-4-11(10)15(19)20/h9-13,17H,1-8H2,(H,19,20)/t9?,10-,11+,12?,13?/m1/s1. The third kappa shape index (κ3) is 2.32. The van der Waals surface area contributed by atoms with Gasteiger partial charge in [0, 0.05) is 19.0 Å². The van der Waals surface area contributed by atoms with Crippen molar-refractivity contribution in [1.82, 2.24) is 4.90 Å². The number of likely N-dealkylation sites (tertiary alicyclic amines) is 1. The lowest BCUT2D eigenvalue weighted by molar-refractivity contribution is -0.152. The van der Waals surface area contributed by atoms with E-state index in [0.29, 0.717) is 31.8 Å².